The van der Waals surface area contributed by atoms with Crippen molar-refractivity contribution in [2.75, 3.05) is 6.54 Å². The molecule has 1 aromatic rings. The predicted molar refractivity (Wildman–Crippen MR) is 61.4 cm³/mol. The molecule has 0 bridgehead atoms. The third-order valence-corrected chi connectivity index (χ3v) is 2.97. The summed E-state index contributed by atoms with van der Waals surface area (Å²) in [5, 5.41) is 0. The lowest BCUT2D eigenvalue weighted by atomic mass is 10.1. The largest absolute Gasteiger partial charge is 0.335 e. The first-order valence-electron chi connectivity index (χ1n) is 5.74. The Kier molecular flexibility index (Phi) is 3.46. The molecule has 2 rings (SSSR count). The molecular formula is C12H15N3O2. The van der Waals surface area contributed by atoms with Gasteiger partial charge in [-0.15, -0.1) is 0 Å². The van der Waals surface area contributed by atoms with Crippen LogP contribution in [0.5, 0.6) is 0 Å². The molecule has 0 saturated carbocycles. The van der Waals surface area contributed by atoms with Gasteiger partial charge in [-0.1, -0.05) is 0 Å². The Morgan fingerprint density at radius 1 is 1.41 bits per heavy atom. The second-order valence-corrected chi connectivity index (χ2v) is 4.33. The highest BCUT2D eigenvalue weighted by atomic mass is 16.2. The number of hydrogen-bond donors (Lipinski definition) is 0. The Morgan fingerprint density at radius 3 is 2.76 bits per heavy atom. The van der Waals surface area contributed by atoms with Gasteiger partial charge in [0.15, 0.2) is 0 Å². The van der Waals surface area contributed by atoms with E-state index in [1.165, 1.54) is 18.7 Å². The number of hydrogen-bond acceptors (Lipinski definition) is 4. The molecule has 2 heterocycles. The van der Waals surface area contributed by atoms with E-state index in [1.807, 2.05) is 0 Å². The highest BCUT2D eigenvalue weighted by Gasteiger charge is 2.30. The Labute approximate surface area is 99.9 Å². The Bertz CT molecular complexity index is 419. The van der Waals surface area contributed by atoms with E-state index in [4.69, 9.17) is 0 Å². The molecule has 1 aromatic heterocycles. The van der Waals surface area contributed by atoms with Crippen LogP contribution < -0.4 is 0 Å². The van der Waals surface area contributed by atoms with Gasteiger partial charge in [0.05, 0.1) is 5.56 Å². The van der Waals surface area contributed by atoms with Gasteiger partial charge < -0.3 is 4.90 Å². The summed E-state index contributed by atoms with van der Waals surface area (Å²) in [7, 11) is 0. The molecule has 1 atom stereocenters. The molecule has 1 saturated heterocycles. The van der Waals surface area contributed by atoms with E-state index < -0.39 is 0 Å². The minimum Gasteiger partial charge on any atom is -0.335 e. The fourth-order valence-corrected chi connectivity index (χ4v) is 2.22. The van der Waals surface area contributed by atoms with Crippen LogP contribution in [0.25, 0.3) is 0 Å². The first-order valence-corrected chi connectivity index (χ1v) is 5.74. The van der Waals surface area contributed by atoms with Crippen LogP contribution >= 0.6 is 0 Å². The summed E-state index contributed by atoms with van der Waals surface area (Å²) in [5.74, 6) is 0.0494. The van der Waals surface area contributed by atoms with Gasteiger partial charge in [-0.2, -0.15) is 0 Å². The fourth-order valence-electron chi connectivity index (χ4n) is 2.22. The van der Waals surface area contributed by atoms with Crippen molar-refractivity contribution in [3.05, 3.63) is 24.3 Å². The fraction of sp³-hybridized carbons (Fsp3) is 0.500. The Morgan fingerprint density at radius 2 is 2.12 bits per heavy atom. The molecule has 17 heavy (non-hydrogen) atoms. The molecule has 0 aromatic carbocycles. The molecule has 1 unspecified atom stereocenters. The van der Waals surface area contributed by atoms with Crippen molar-refractivity contribution >= 4 is 11.7 Å². The van der Waals surface area contributed by atoms with Crippen molar-refractivity contribution in [3.63, 3.8) is 0 Å². The number of amides is 1. The third kappa shape index (κ3) is 2.67. The lowest BCUT2D eigenvalue weighted by molar-refractivity contribution is -0.117. The number of likely N-dealkylation sites (tertiary alicyclic amines) is 1. The van der Waals surface area contributed by atoms with Gasteiger partial charge in [0.25, 0.3) is 5.91 Å². The number of carbonyl (C=O) groups excluding carboxylic acids is 2. The third-order valence-electron chi connectivity index (χ3n) is 2.97. The number of Topliss-reactive ketones (excluding diaryl/α,β-unsaturated/α-hetero) is 1. The van der Waals surface area contributed by atoms with Crippen molar-refractivity contribution in [2.24, 2.45) is 0 Å². The van der Waals surface area contributed by atoms with Gasteiger partial charge in [-0.3, -0.25) is 9.59 Å². The van der Waals surface area contributed by atoms with Gasteiger partial charge in [-0.25, -0.2) is 9.97 Å². The highest BCUT2D eigenvalue weighted by Crippen LogP contribution is 2.22. The minimum absolute atomic E-state index is 0.0419. The quantitative estimate of drug-likeness (QED) is 0.783. The van der Waals surface area contributed by atoms with Crippen LogP contribution in [0.1, 0.15) is 36.5 Å². The zero-order valence-corrected chi connectivity index (χ0v) is 9.80. The maximum Gasteiger partial charge on any atom is 0.257 e. The average Bonchev–Trinajstić information content (AvgIpc) is 2.76. The van der Waals surface area contributed by atoms with Gasteiger partial charge in [-0.05, 0) is 19.8 Å². The van der Waals surface area contributed by atoms with Crippen LogP contribution in [-0.4, -0.2) is 39.1 Å². The maximum absolute atomic E-state index is 12.2. The van der Waals surface area contributed by atoms with Crippen molar-refractivity contribution in [2.45, 2.75) is 32.2 Å². The molecule has 0 radical (unpaired) electrons. The van der Waals surface area contributed by atoms with E-state index in [1.54, 1.807) is 11.8 Å². The van der Waals surface area contributed by atoms with E-state index >= 15 is 0 Å². The summed E-state index contributed by atoms with van der Waals surface area (Å²) >= 11 is 0. The van der Waals surface area contributed by atoms with E-state index in [2.05, 4.69) is 9.97 Å². The van der Waals surface area contributed by atoms with E-state index in [0.717, 1.165) is 12.8 Å². The molecule has 0 spiro atoms. The summed E-state index contributed by atoms with van der Waals surface area (Å²) in [6.45, 7) is 2.28. The van der Waals surface area contributed by atoms with E-state index in [9.17, 15) is 9.59 Å². The lowest BCUT2D eigenvalue weighted by Crippen LogP contribution is -2.36. The number of aromatic nitrogens is 2. The highest BCUT2D eigenvalue weighted by molar-refractivity contribution is 5.94. The van der Waals surface area contributed by atoms with Crippen molar-refractivity contribution < 1.29 is 9.59 Å². The molecule has 5 heteroatoms. The minimum atomic E-state index is -0.0747. The predicted octanol–water partition coefficient (Wildman–Crippen LogP) is 1.06. The van der Waals surface area contributed by atoms with Crippen molar-refractivity contribution in [1.82, 2.24) is 14.9 Å². The van der Waals surface area contributed by atoms with Crippen LogP contribution in [-0.2, 0) is 4.79 Å². The summed E-state index contributed by atoms with van der Waals surface area (Å²) < 4.78 is 0. The van der Waals surface area contributed by atoms with Crippen LogP contribution in [0.2, 0.25) is 0 Å². The van der Waals surface area contributed by atoms with Crippen LogP contribution in [0.15, 0.2) is 18.7 Å². The normalized spacial score (nSPS) is 19.4. The summed E-state index contributed by atoms with van der Waals surface area (Å²) in [6, 6.07) is 0.0419. The second-order valence-electron chi connectivity index (χ2n) is 4.33. The summed E-state index contributed by atoms with van der Waals surface area (Å²) in [4.78, 5) is 32.8. The van der Waals surface area contributed by atoms with Gasteiger partial charge in [0, 0.05) is 31.4 Å². The number of rotatable bonds is 3. The van der Waals surface area contributed by atoms with E-state index in [0.29, 0.717) is 18.5 Å². The molecule has 1 amide bonds. The Hall–Kier alpha value is -1.78. The first-order chi connectivity index (χ1) is 8.18. The van der Waals surface area contributed by atoms with E-state index in [-0.39, 0.29) is 17.7 Å². The smallest absolute Gasteiger partial charge is 0.257 e. The van der Waals surface area contributed by atoms with Crippen LogP contribution in [0.4, 0.5) is 0 Å². The lowest BCUT2D eigenvalue weighted by Gasteiger charge is -2.23. The summed E-state index contributed by atoms with van der Waals surface area (Å²) in [6.07, 6.45) is 6.72. The molecule has 0 aliphatic carbocycles. The monoisotopic (exact) mass is 233 g/mol. The topological polar surface area (TPSA) is 63.2 Å². The molecule has 5 nitrogen and oxygen atoms in total. The molecule has 1 aliphatic heterocycles. The molecule has 90 valence electrons. The first kappa shape index (κ1) is 11.7. The molecule has 1 fully saturated rings. The second kappa shape index (κ2) is 5.03. The van der Waals surface area contributed by atoms with Crippen molar-refractivity contribution in [1.29, 1.82) is 0 Å². The van der Waals surface area contributed by atoms with Gasteiger partial charge in [0.2, 0.25) is 0 Å². The molecular weight excluding hydrogens is 218 g/mol. The van der Waals surface area contributed by atoms with Gasteiger partial charge in [0.1, 0.15) is 12.1 Å². The Balaban J connectivity index is 2.11. The number of carbonyl (C=O) groups is 2. The SMILES string of the molecule is CC(=O)CC1CCCN1C(=O)c1cncnc1. The number of nitrogens with zero attached hydrogens (tertiary/aromatic N) is 3. The molecule has 1 aliphatic rings. The number of ketones is 1. The van der Waals surface area contributed by atoms with Crippen molar-refractivity contribution in [3.8, 4) is 0 Å². The zero-order valence-electron chi connectivity index (χ0n) is 9.80. The van der Waals surface area contributed by atoms with Crippen LogP contribution in [0.3, 0.4) is 0 Å². The average molecular weight is 233 g/mol. The van der Waals surface area contributed by atoms with Gasteiger partial charge >= 0.3 is 0 Å². The molecule has 0 N–H and O–H groups in total. The standard InChI is InChI=1S/C12H15N3O2/c1-9(16)5-11-3-2-4-15(11)12(17)10-6-13-8-14-7-10/h6-8,11H,2-5H2,1H3. The van der Waals surface area contributed by atoms with Crippen LogP contribution in [0, 0.1) is 0 Å². The zero-order chi connectivity index (χ0) is 12.3. The summed E-state index contributed by atoms with van der Waals surface area (Å²) in [5.41, 5.74) is 0.489. The maximum atomic E-state index is 12.2.